The van der Waals surface area contributed by atoms with Crippen LogP contribution >= 0.6 is 12.6 Å². The average molecular weight is 266 g/mol. The van der Waals surface area contributed by atoms with E-state index in [1.807, 2.05) is 0 Å². The lowest BCUT2D eigenvalue weighted by Gasteiger charge is -2.01. The Morgan fingerprint density at radius 3 is 2.56 bits per heavy atom. The second kappa shape index (κ2) is 4.86. The molecule has 0 amide bonds. The summed E-state index contributed by atoms with van der Waals surface area (Å²) >= 11 is 4.25. The van der Waals surface area contributed by atoms with Gasteiger partial charge in [-0.25, -0.2) is 9.18 Å². The molecule has 5 heteroatoms. The van der Waals surface area contributed by atoms with Crippen LogP contribution in [0.4, 0.5) is 4.39 Å². The van der Waals surface area contributed by atoms with Crippen molar-refractivity contribution in [3.8, 4) is 0 Å². The lowest BCUT2D eigenvalue weighted by Crippen LogP contribution is -2.00. The molecule has 0 bridgehead atoms. The number of thiol groups is 1. The third kappa shape index (κ3) is 2.41. The van der Waals surface area contributed by atoms with E-state index in [1.54, 1.807) is 19.1 Å². The second-order valence-corrected chi connectivity index (χ2v) is 4.37. The van der Waals surface area contributed by atoms with Crippen molar-refractivity contribution in [1.29, 1.82) is 0 Å². The summed E-state index contributed by atoms with van der Waals surface area (Å²) in [6.45, 7) is 1.66. The predicted octanol–water partition coefficient (Wildman–Crippen LogP) is 3.30. The lowest BCUT2D eigenvalue weighted by atomic mass is 10.0. The van der Waals surface area contributed by atoms with E-state index in [0.29, 0.717) is 22.6 Å². The van der Waals surface area contributed by atoms with Crippen LogP contribution < -0.4 is 0 Å². The summed E-state index contributed by atoms with van der Waals surface area (Å²) in [4.78, 5) is 11.6. The highest BCUT2D eigenvalue weighted by Crippen LogP contribution is 2.28. The number of carbonyl (C=O) groups is 1. The van der Waals surface area contributed by atoms with Gasteiger partial charge < -0.3 is 9.52 Å². The van der Waals surface area contributed by atoms with E-state index in [4.69, 9.17) is 9.52 Å². The maximum absolute atomic E-state index is 12.8. The number of hydrogen-bond acceptors (Lipinski definition) is 3. The molecule has 0 saturated heterocycles. The summed E-state index contributed by atoms with van der Waals surface area (Å²) in [6, 6.07) is 5.88. The van der Waals surface area contributed by atoms with Gasteiger partial charge in [0.1, 0.15) is 11.6 Å². The minimum absolute atomic E-state index is 0.109. The summed E-state index contributed by atoms with van der Waals surface area (Å²) in [5.74, 6) is -1.10. The van der Waals surface area contributed by atoms with Crippen molar-refractivity contribution in [2.75, 3.05) is 0 Å². The molecule has 0 unspecified atom stereocenters. The first-order valence-corrected chi connectivity index (χ1v) is 5.72. The monoisotopic (exact) mass is 266 g/mol. The number of benzene rings is 1. The van der Waals surface area contributed by atoms with Crippen LogP contribution in [0, 0.1) is 12.7 Å². The molecule has 0 aliphatic heterocycles. The number of carboxylic acids is 1. The molecule has 2 aromatic rings. The summed E-state index contributed by atoms with van der Waals surface area (Å²) in [5, 5.41) is 9.04. The summed E-state index contributed by atoms with van der Waals surface area (Å²) in [5.41, 5.74) is 1.31. The van der Waals surface area contributed by atoms with Crippen LogP contribution in [0.25, 0.3) is 0 Å². The van der Waals surface area contributed by atoms with Crippen LogP contribution in [-0.4, -0.2) is 11.1 Å². The van der Waals surface area contributed by atoms with Crippen molar-refractivity contribution in [3.05, 3.63) is 52.7 Å². The van der Waals surface area contributed by atoms with Gasteiger partial charge in [0.05, 0.1) is 0 Å². The van der Waals surface area contributed by atoms with Gasteiger partial charge in [0.25, 0.3) is 0 Å². The van der Waals surface area contributed by atoms with Crippen molar-refractivity contribution < 1.29 is 18.7 Å². The van der Waals surface area contributed by atoms with Crippen molar-refractivity contribution >= 4 is 18.6 Å². The van der Waals surface area contributed by atoms with Gasteiger partial charge in [0.15, 0.2) is 0 Å². The fourth-order valence-electron chi connectivity index (χ4n) is 1.73. The molecule has 1 heterocycles. The Kier molecular flexibility index (Phi) is 3.43. The molecule has 0 aliphatic carbocycles. The number of hydrogen-bond donors (Lipinski definition) is 2. The van der Waals surface area contributed by atoms with Gasteiger partial charge in [0, 0.05) is 16.9 Å². The molecule has 1 N–H and O–H groups in total. The summed E-state index contributed by atoms with van der Waals surface area (Å²) < 4.78 is 17.9. The van der Waals surface area contributed by atoms with E-state index in [-0.39, 0.29) is 11.6 Å². The number of aryl methyl sites for hydroxylation is 1. The summed E-state index contributed by atoms with van der Waals surface area (Å²) in [7, 11) is 0. The van der Waals surface area contributed by atoms with E-state index in [9.17, 15) is 9.18 Å². The highest BCUT2D eigenvalue weighted by atomic mass is 32.1. The molecule has 0 spiro atoms. The van der Waals surface area contributed by atoms with Crippen molar-refractivity contribution in [3.63, 3.8) is 0 Å². The molecular weight excluding hydrogens is 255 g/mol. The van der Waals surface area contributed by atoms with Crippen LogP contribution in [0.1, 0.15) is 27.4 Å². The van der Waals surface area contributed by atoms with E-state index in [1.165, 1.54) is 12.1 Å². The van der Waals surface area contributed by atoms with Crippen molar-refractivity contribution in [2.45, 2.75) is 18.2 Å². The molecule has 18 heavy (non-hydrogen) atoms. The molecule has 1 aromatic carbocycles. The first kappa shape index (κ1) is 12.7. The molecule has 94 valence electrons. The average Bonchev–Trinajstić information content (AvgIpc) is 2.60. The fraction of sp³-hybridized carbons (Fsp3) is 0.154. The Morgan fingerprint density at radius 1 is 1.39 bits per heavy atom. The number of aromatic carboxylic acids is 1. The van der Waals surface area contributed by atoms with Gasteiger partial charge in [0.2, 0.25) is 5.76 Å². The zero-order valence-electron chi connectivity index (χ0n) is 9.61. The minimum Gasteiger partial charge on any atom is -0.475 e. The van der Waals surface area contributed by atoms with Crippen LogP contribution in [0.15, 0.2) is 33.6 Å². The number of carboxylic acid groups (broad SMARTS) is 1. The van der Waals surface area contributed by atoms with Gasteiger partial charge in [-0.15, -0.1) is 12.6 Å². The standard InChI is InChI=1S/C13H11FO3S/c1-7-12(18)10(11(17-7)13(15)16)6-8-2-4-9(14)5-3-8/h2-5,18H,6H2,1H3,(H,15,16). The van der Waals surface area contributed by atoms with Crippen LogP contribution in [0.2, 0.25) is 0 Å². The molecule has 0 atom stereocenters. The van der Waals surface area contributed by atoms with E-state index < -0.39 is 5.97 Å². The largest absolute Gasteiger partial charge is 0.475 e. The molecular formula is C13H11FO3S. The van der Waals surface area contributed by atoms with Crippen LogP contribution in [-0.2, 0) is 6.42 Å². The molecule has 0 aliphatic rings. The molecule has 3 nitrogen and oxygen atoms in total. The quantitative estimate of drug-likeness (QED) is 0.838. The maximum atomic E-state index is 12.8. The zero-order chi connectivity index (χ0) is 13.3. The Labute approximate surface area is 109 Å². The zero-order valence-corrected chi connectivity index (χ0v) is 10.5. The minimum atomic E-state index is -1.13. The van der Waals surface area contributed by atoms with Crippen molar-refractivity contribution in [2.24, 2.45) is 0 Å². The van der Waals surface area contributed by atoms with E-state index >= 15 is 0 Å². The lowest BCUT2D eigenvalue weighted by molar-refractivity contribution is 0.0659. The molecule has 2 rings (SSSR count). The number of furan rings is 1. The fourth-order valence-corrected chi connectivity index (χ4v) is 1.95. The maximum Gasteiger partial charge on any atom is 0.372 e. The van der Waals surface area contributed by atoms with E-state index in [2.05, 4.69) is 12.6 Å². The topological polar surface area (TPSA) is 50.4 Å². The molecule has 0 radical (unpaired) electrons. The van der Waals surface area contributed by atoms with Crippen molar-refractivity contribution in [1.82, 2.24) is 0 Å². The Hall–Kier alpha value is -1.75. The first-order valence-electron chi connectivity index (χ1n) is 5.28. The Morgan fingerprint density at radius 2 is 2.00 bits per heavy atom. The van der Waals surface area contributed by atoms with Gasteiger partial charge >= 0.3 is 5.97 Å². The summed E-state index contributed by atoms with van der Waals surface area (Å²) in [6.07, 6.45) is 0.345. The van der Waals surface area contributed by atoms with Crippen LogP contribution in [0.5, 0.6) is 0 Å². The third-order valence-corrected chi connectivity index (χ3v) is 3.22. The van der Waals surface area contributed by atoms with Gasteiger partial charge in [-0.1, -0.05) is 12.1 Å². The number of halogens is 1. The molecule has 0 saturated carbocycles. The highest BCUT2D eigenvalue weighted by Gasteiger charge is 2.20. The van der Waals surface area contributed by atoms with Crippen LogP contribution in [0.3, 0.4) is 0 Å². The number of rotatable bonds is 3. The predicted molar refractivity (Wildman–Crippen MR) is 66.9 cm³/mol. The normalized spacial score (nSPS) is 10.6. The van der Waals surface area contributed by atoms with Gasteiger partial charge in [-0.3, -0.25) is 0 Å². The second-order valence-electron chi connectivity index (χ2n) is 3.92. The SMILES string of the molecule is Cc1oc(C(=O)O)c(Cc2ccc(F)cc2)c1S. The Bertz CT molecular complexity index is 587. The van der Waals surface area contributed by atoms with E-state index in [0.717, 1.165) is 5.56 Å². The van der Waals surface area contributed by atoms with Gasteiger partial charge in [-0.05, 0) is 24.6 Å². The third-order valence-electron chi connectivity index (χ3n) is 2.64. The highest BCUT2D eigenvalue weighted by molar-refractivity contribution is 7.80. The first-order chi connectivity index (χ1) is 8.49. The molecule has 1 aromatic heterocycles. The molecule has 0 fully saturated rings. The smallest absolute Gasteiger partial charge is 0.372 e. The Balaban J connectivity index is 2.39. The van der Waals surface area contributed by atoms with Gasteiger partial charge in [-0.2, -0.15) is 0 Å².